The first-order valence-corrected chi connectivity index (χ1v) is 15.3. The number of esters is 1. The first-order chi connectivity index (χ1) is 20.0. The highest BCUT2D eigenvalue weighted by Gasteiger charge is 2.27. The smallest absolute Gasteiger partial charge is 0.410 e. The lowest BCUT2D eigenvalue weighted by molar-refractivity contribution is 0.0184. The van der Waals surface area contributed by atoms with Gasteiger partial charge in [0.15, 0.2) is 4.88 Å². The van der Waals surface area contributed by atoms with Crippen LogP contribution in [0, 0.1) is 5.92 Å². The number of fused-ring (bicyclic) bond motifs is 1. The number of aromatic nitrogens is 2. The van der Waals surface area contributed by atoms with E-state index >= 15 is 0 Å². The Morgan fingerprint density at radius 2 is 1.86 bits per heavy atom. The molecule has 8 nitrogen and oxygen atoms in total. The van der Waals surface area contributed by atoms with Gasteiger partial charge in [-0.3, -0.25) is 4.57 Å². The van der Waals surface area contributed by atoms with Crippen molar-refractivity contribution in [3.63, 3.8) is 0 Å². The first kappa shape index (κ1) is 29.9. The minimum atomic E-state index is -0.493. The third-order valence-corrected chi connectivity index (χ3v) is 8.78. The fourth-order valence-corrected chi connectivity index (χ4v) is 6.48. The quantitative estimate of drug-likeness (QED) is 0.198. The number of amides is 1. The van der Waals surface area contributed by atoms with Crippen LogP contribution in [0.25, 0.3) is 16.0 Å². The van der Waals surface area contributed by atoms with Crippen molar-refractivity contribution in [2.45, 2.75) is 58.7 Å². The van der Waals surface area contributed by atoms with Crippen LogP contribution in [0.15, 0.2) is 54.9 Å². The summed E-state index contributed by atoms with van der Waals surface area (Å²) in [5, 5.41) is 1.39. The number of hydrogen-bond acceptors (Lipinski definition) is 7. The molecule has 1 saturated heterocycles. The zero-order valence-electron chi connectivity index (χ0n) is 24.6. The van der Waals surface area contributed by atoms with E-state index in [1.165, 1.54) is 24.0 Å². The van der Waals surface area contributed by atoms with Crippen molar-refractivity contribution in [3.05, 3.63) is 75.9 Å². The van der Waals surface area contributed by atoms with Crippen LogP contribution in [0.4, 0.5) is 4.79 Å². The van der Waals surface area contributed by atoms with Crippen LogP contribution in [-0.4, -0.2) is 52.3 Å². The molecule has 10 heteroatoms. The largest absolute Gasteiger partial charge is 0.484 e. The van der Waals surface area contributed by atoms with Gasteiger partial charge in [0.2, 0.25) is 0 Å². The molecule has 0 unspecified atom stereocenters. The van der Waals surface area contributed by atoms with Crippen LogP contribution < -0.4 is 4.74 Å². The number of piperidine rings is 1. The number of thiophene rings is 1. The normalized spacial score (nSPS) is 15.0. The average molecular weight is 610 g/mol. The molecular weight excluding hydrogens is 574 g/mol. The summed E-state index contributed by atoms with van der Waals surface area (Å²) in [5.74, 6) is 0.441. The third-order valence-electron chi connectivity index (χ3n) is 7.34. The molecule has 2 aromatic heterocycles. The second-order valence-electron chi connectivity index (χ2n) is 11.6. The minimum Gasteiger partial charge on any atom is -0.484 e. The van der Waals surface area contributed by atoms with Gasteiger partial charge in [-0.2, -0.15) is 0 Å². The van der Waals surface area contributed by atoms with Gasteiger partial charge in [0.1, 0.15) is 28.8 Å². The monoisotopic (exact) mass is 609 g/mol. The van der Waals surface area contributed by atoms with Gasteiger partial charge < -0.3 is 19.1 Å². The molecular formula is C32H36ClN3O5S. The fourth-order valence-electron chi connectivity index (χ4n) is 5.20. The average Bonchev–Trinajstić information content (AvgIpc) is 3.56. The second kappa shape index (κ2) is 12.4. The molecule has 0 bridgehead atoms. The minimum absolute atomic E-state index is 0.238. The maximum atomic E-state index is 12.7. The van der Waals surface area contributed by atoms with Gasteiger partial charge in [-0.05, 0) is 76.6 Å². The maximum Gasteiger partial charge on any atom is 0.410 e. The van der Waals surface area contributed by atoms with E-state index in [4.69, 9.17) is 25.8 Å². The molecule has 5 rings (SSSR count). The van der Waals surface area contributed by atoms with Gasteiger partial charge in [0.05, 0.1) is 18.1 Å². The van der Waals surface area contributed by atoms with Crippen LogP contribution in [0.1, 0.15) is 67.4 Å². The molecule has 3 heterocycles. The Labute approximate surface area is 255 Å². The number of carbonyl (C=O) groups is 2. The molecule has 1 amide bonds. The van der Waals surface area contributed by atoms with E-state index in [0.717, 1.165) is 40.9 Å². The fraction of sp³-hybridized carbons (Fsp3) is 0.406. The van der Waals surface area contributed by atoms with E-state index in [9.17, 15) is 9.59 Å². The lowest BCUT2D eigenvalue weighted by Crippen LogP contribution is -2.42. The lowest BCUT2D eigenvalue weighted by Gasteiger charge is -2.33. The number of likely N-dealkylation sites (tertiary alicyclic amines) is 1. The lowest BCUT2D eigenvalue weighted by atomic mass is 9.90. The number of imidazole rings is 1. The zero-order chi connectivity index (χ0) is 30.0. The van der Waals surface area contributed by atoms with Crippen molar-refractivity contribution in [2.75, 3.05) is 20.2 Å². The molecule has 1 aliphatic heterocycles. The van der Waals surface area contributed by atoms with Gasteiger partial charge in [0, 0.05) is 29.7 Å². The molecule has 222 valence electrons. The van der Waals surface area contributed by atoms with Gasteiger partial charge in [0.25, 0.3) is 0 Å². The van der Waals surface area contributed by atoms with Crippen LogP contribution >= 0.6 is 22.9 Å². The highest BCUT2D eigenvalue weighted by atomic mass is 35.5. The molecule has 0 saturated carbocycles. The van der Waals surface area contributed by atoms with Crippen LogP contribution in [0.3, 0.4) is 0 Å². The number of methoxy groups -OCH3 is 1. The molecule has 42 heavy (non-hydrogen) atoms. The third kappa shape index (κ3) is 6.73. The van der Waals surface area contributed by atoms with E-state index < -0.39 is 11.6 Å². The number of halogens is 1. The van der Waals surface area contributed by atoms with E-state index in [-0.39, 0.29) is 12.2 Å². The van der Waals surface area contributed by atoms with Crippen molar-refractivity contribution < 1.29 is 23.8 Å². The van der Waals surface area contributed by atoms with Crippen LogP contribution in [-0.2, 0) is 15.9 Å². The molecule has 0 N–H and O–H groups in total. The zero-order valence-corrected chi connectivity index (χ0v) is 26.1. The van der Waals surface area contributed by atoms with Crippen LogP contribution in [0.2, 0.25) is 5.02 Å². The molecule has 1 aliphatic rings. The molecule has 1 fully saturated rings. The molecule has 0 radical (unpaired) electrons. The van der Waals surface area contributed by atoms with Gasteiger partial charge >= 0.3 is 12.1 Å². The summed E-state index contributed by atoms with van der Waals surface area (Å²) in [5.41, 5.74) is 3.35. The van der Waals surface area contributed by atoms with E-state index in [1.54, 1.807) is 6.33 Å². The summed E-state index contributed by atoms with van der Waals surface area (Å²) in [7, 11) is 1.36. The topological polar surface area (TPSA) is 82.9 Å². The Hall–Kier alpha value is -3.56. The number of ether oxygens (including phenoxy) is 3. The highest BCUT2D eigenvalue weighted by Crippen LogP contribution is 2.38. The maximum absolute atomic E-state index is 12.7. The molecule has 2 aromatic carbocycles. The Kier molecular flexibility index (Phi) is 8.80. The van der Waals surface area contributed by atoms with Crippen molar-refractivity contribution in [1.82, 2.24) is 14.5 Å². The molecule has 0 aliphatic carbocycles. The standard InChI is InChI=1S/C32H36ClN3O5S/c1-20(23-8-6-7-9-24(23)33)40-27-18-28(42-29(27)30(37)39-5)36-19-34-25-11-10-22(17-26(25)36)16-21-12-14-35(15-13-21)31(38)41-32(2,3)4/h6-11,17-21H,12-16H2,1-5H3/t20-/m1/s1. The van der Waals surface area contributed by atoms with Crippen molar-refractivity contribution in [3.8, 4) is 10.8 Å². The van der Waals surface area contributed by atoms with Gasteiger partial charge in [-0.25, -0.2) is 14.6 Å². The SMILES string of the molecule is COC(=O)c1sc(-n2cnc3ccc(CC4CCN(C(=O)OC(C)(C)C)CC4)cc32)cc1O[C@H](C)c1ccccc1Cl. The molecule has 0 spiro atoms. The number of nitrogens with zero attached hydrogens (tertiary/aromatic N) is 3. The number of carbonyl (C=O) groups excluding carboxylic acids is 2. The summed E-state index contributed by atoms with van der Waals surface area (Å²) in [4.78, 5) is 31.9. The van der Waals surface area contributed by atoms with Crippen molar-refractivity contribution >= 4 is 46.0 Å². The molecule has 4 aromatic rings. The number of rotatable bonds is 7. The van der Waals surface area contributed by atoms with E-state index in [1.807, 2.05) is 73.6 Å². The van der Waals surface area contributed by atoms with Gasteiger partial charge in [-0.15, -0.1) is 11.3 Å². The predicted molar refractivity (Wildman–Crippen MR) is 165 cm³/mol. The summed E-state index contributed by atoms with van der Waals surface area (Å²) >= 11 is 7.69. The van der Waals surface area contributed by atoms with E-state index in [0.29, 0.717) is 34.7 Å². The first-order valence-electron chi connectivity index (χ1n) is 14.1. The summed E-state index contributed by atoms with van der Waals surface area (Å²) in [6.07, 6.45) is 3.91. The number of benzene rings is 2. The Bertz CT molecular complexity index is 1580. The van der Waals surface area contributed by atoms with E-state index in [2.05, 4.69) is 17.1 Å². The summed E-state index contributed by atoms with van der Waals surface area (Å²) < 4.78 is 18.8. The molecule has 1 atom stereocenters. The summed E-state index contributed by atoms with van der Waals surface area (Å²) in [6.45, 7) is 8.96. The predicted octanol–water partition coefficient (Wildman–Crippen LogP) is 7.86. The Morgan fingerprint density at radius 1 is 1.12 bits per heavy atom. The van der Waals surface area contributed by atoms with Crippen molar-refractivity contribution in [2.24, 2.45) is 5.92 Å². The Morgan fingerprint density at radius 3 is 2.55 bits per heavy atom. The Balaban J connectivity index is 1.34. The summed E-state index contributed by atoms with van der Waals surface area (Å²) in [6, 6.07) is 15.7. The second-order valence-corrected chi connectivity index (χ2v) is 13.0. The van der Waals surface area contributed by atoms with Gasteiger partial charge in [-0.1, -0.05) is 35.9 Å². The number of hydrogen-bond donors (Lipinski definition) is 0. The van der Waals surface area contributed by atoms with Crippen molar-refractivity contribution in [1.29, 1.82) is 0 Å². The highest BCUT2D eigenvalue weighted by molar-refractivity contribution is 7.16. The van der Waals surface area contributed by atoms with Crippen LogP contribution in [0.5, 0.6) is 5.75 Å².